The molecule has 1 fully saturated rings. The smallest absolute Gasteiger partial charge is 0.267 e. The molecule has 1 aliphatic rings. The Morgan fingerprint density at radius 2 is 2.07 bits per heavy atom. The molecule has 0 bridgehead atoms. The summed E-state index contributed by atoms with van der Waals surface area (Å²) in [4.78, 5) is 19.6. The molecule has 1 saturated heterocycles. The van der Waals surface area contributed by atoms with E-state index in [0.717, 1.165) is 35.6 Å². The molecular weight excluding hydrogens is 392 g/mol. The quantitative estimate of drug-likeness (QED) is 0.463. The molecule has 28 heavy (non-hydrogen) atoms. The Balaban J connectivity index is 1.84. The third kappa shape index (κ3) is 4.88. The summed E-state index contributed by atoms with van der Waals surface area (Å²) in [5.74, 6) is 0.688. The number of ether oxygens (including phenoxy) is 1. The SMILES string of the molecule is C=CCN1C(=O)/C(=C\c2ccc(OC)cc2)SC1=Nc1nnc(CCCC)s1. The van der Waals surface area contributed by atoms with Gasteiger partial charge in [0.05, 0.1) is 12.0 Å². The molecule has 0 aliphatic carbocycles. The van der Waals surface area contributed by atoms with E-state index in [9.17, 15) is 4.79 Å². The Labute approximate surface area is 173 Å². The number of aromatic nitrogens is 2. The number of aliphatic imine (C=N–C) groups is 1. The molecule has 0 saturated carbocycles. The monoisotopic (exact) mass is 414 g/mol. The van der Waals surface area contributed by atoms with Crippen LogP contribution in [0.1, 0.15) is 30.3 Å². The number of carbonyl (C=O) groups is 1. The average molecular weight is 415 g/mol. The van der Waals surface area contributed by atoms with Crippen molar-refractivity contribution in [1.82, 2.24) is 15.1 Å². The van der Waals surface area contributed by atoms with Crippen LogP contribution < -0.4 is 4.74 Å². The zero-order valence-electron chi connectivity index (χ0n) is 15.9. The van der Waals surface area contributed by atoms with E-state index in [-0.39, 0.29) is 5.91 Å². The molecule has 3 rings (SSSR count). The van der Waals surface area contributed by atoms with E-state index < -0.39 is 0 Å². The van der Waals surface area contributed by atoms with E-state index in [1.807, 2.05) is 30.3 Å². The Morgan fingerprint density at radius 1 is 1.29 bits per heavy atom. The van der Waals surface area contributed by atoms with Gasteiger partial charge in [-0.05, 0) is 42.0 Å². The number of hydrogen-bond acceptors (Lipinski definition) is 7. The fourth-order valence-corrected chi connectivity index (χ4v) is 4.33. The molecule has 0 unspecified atom stereocenters. The van der Waals surface area contributed by atoms with Crippen LogP contribution in [0.4, 0.5) is 5.13 Å². The van der Waals surface area contributed by atoms with Crippen molar-refractivity contribution in [3.63, 3.8) is 0 Å². The number of hydrogen-bond donors (Lipinski definition) is 0. The van der Waals surface area contributed by atoms with Crippen molar-refractivity contribution in [3.8, 4) is 5.75 Å². The minimum absolute atomic E-state index is 0.0878. The van der Waals surface area contributed by atoms with Gasteiger partial charge in [-0.1, -0.05) is 42.9 Å². The minimum Gasteiger partial charge on any atom is -0.497 e. The third-order valence-electron chi connectivity index (χ3n) is 4.00. The Morgan fingerprint density at radius 3 is 2.75 bits per heavy atom. The molecular formula is C20H22N4O2S2. The Kier molecular flexibility index (Phi) is 7.00. The number of amidine groups is 1. The fourth-order valence-electron chi connectivity index (χ4n) is 2.53. The number of aryl methyl sites for hydroxylation is 1. The van der Waals surface area contributed by atoms with Gasteiger partial charge in [-0.3, -0.25) is 9.69 Å². The zero-order chi connectivity index (χ0) is 19.9. The molecule has 0 N–H and O–H groups in total. The summed E-state index contributed by atoms with van der Waals surface area (Å²) in [5, 5.41) is 10.5. The maximum atomic E-state index is 12.8. The van der Waals surface area contributed by atoms with E-state index in [0.29, 0.717) is 21.7 Å². The topological polar surface area (TPSA) is 67.7 Å². The second-order valence-electron chi connectivity index (χ2n) is 6.06. The first-order valence-corrected chi connectivity index (χ1v) is 10.6. The summed E-state index contributed by atoms with van der Waals surface area (Å²) in [6.07, 6.45) is 6.65. The predicted octanol–water partition coefficient (Wildman–Crippen LogP) is 4.68. The van der Waals surface area contributed by atoms with Crippen LogP contribution in [0.3, 0.4) is 0 Å². The molecule has 2 aromatic rings. The van der Waals surface area contributed by atoms with E-state index in [1.54, 1.807) is 18.1 Å². The number of carbonyl (C=O) groups excluding carboxylic acids is 1. The molecule has 0 radical (unpaired) electrons. The summed E-state index contributed by atoms with van der Waals surface area (Å²) in [5.41, 5.74) is 0.925. The first-order valence-electron chi connectivity index (χ1n) is 9.02. The summed E-state index contributed by atoms with van der Waals surface area (Å²) >= 11 is 2.81. The van der Waals surface area contributed by atoms with Crippen LogP contribution in [-0.4, -0.2) is 39.8 Å². The third-order valence-corrected chi connectivity index (χ3v) is 5.89. The maximum absolute atomic E-state index is 12.8. The van der Waals surface area contributed by atoms with Crippen LogP contribution in [0.15, 0.2) is 46.8 Å². The molecule has 0 atom stereocenters. The summed E-state index contributed by atoms with van der Waals surface area (Å²) in [7, 11) is 1.63. The molecule has 1 aromatic heterocycles. The number of nitrogens with zero attached hydrogens (tertiary/aromatic N) is 4. The van der Waals surface area contributed by atoms with Crippen molar-refractivity contribution in [2.24, 2.45) is 4.99 Å². The van der Waals surface area contributed by atoms with Crippen LogP contribution in [0, 0.1) is 0 Å². The maximum Gasteiger partial charge on any atom is 0.267 e. The number of amides is 1. The average Bonchev–Trinajstić information content (AvgIpc) is 3.27. The van der Waals surface area contributed by atoms with Gasteiger partial charge < -0.3 is 4.74 Å². The number of methoxy groups -OCH3 is 1. The van der Waals surface area contributed by atoms with Crippen molar-refractivity contribution in [2.75, 3.05) is 13.7 Å². The van der Waals surface area contributed by atoms with Crippen LogP contribution in [0.5, 0.6) is 5.75 Å². The number of rotatable bonds is 8. The van der Waals surface area contributed by atoms with Gasteiger partial charge in [0.1, 0.15) is 10.8 Å². The summed E-state index contributed by atoms with van der Waals surface area (Å²) in [6, 6.07) is 7.56. The largest absolute Gasteiger partial charge is 0.497 e. The number of benzene rings is 1. The van der Waals surface area contributed by atoms with Gasteiger partial charge >= 0.3 is 0 Å². The Bertz CT molecular complexity index is 903. The van der Waals surface area contributed by atoms with Crippen molar-refractivity contribution in [3.05, 3.63) is 52.4 Å². The van der Waals surface area contributed by atoms with Gasteiger partial charge in [0.15, 0.2) is 5.17 Å². The van der Waals surface area contributed by atoms with E-state index in [2.05, 4.69) is 28.7 Å². The predicted molar refractivity (Wildman–Crippen MR) is 116 cm³/mol. The van der Waals surface area contributed by atoms with Crippen molar-refractivity contribution in [1.29, 1.82) is 0 Å². The van der Waals surface area contributed by atoms with Gasteiger partial charge in [-0.15, -0.1) is 16.8 Å². The lowest BCUT2D eigenvalue weighted by Gasteiger charge is -2.11. The number of unbranched alkanes of at least 4 members (excludes halogenated alkanes) is 1. The first-order chi connectivity index (χ1) is 13.6. The van der Waals surface area contributed by atoms with Gasteiger partial charge in [0.2, 0.25) is 5.13 Å². The molecule has 0 spiro atoms. The second-order valence-corrected chi connectivity index (χ2v) is 8.11. The normalized spacial score (nSPS) is 16.9. The standard InChI is InChI=1S/C20H22N4O2S2/c1-4-6-7-17-22-23-19(28-17)21-20-24(12-5-2)18(25)16(27-20)13-14-8-10-15(26-3)11-9-14/h5,8-11,13H,2,4,6-7,12H2,1,3H3/b16-13+,21-20?. The van der Waals surface area contributed by atoms with Crippen molar-refractivity contribution < 1.29 is 9.53 Å². The van der Waals surface area contributed by atoms with Gasteiger partial charge in [-0.2, -0.15) is 4.99 Å². The molecule has 2 heterocycles. The van der Waals surface area contributed by atoms with Gasteiger partial charge in [0, 0.05) is 13.0 Å². The highest BCUT2D eigenvalue weighted by Crippen LogP contribution is 2.35. The lowest BCUT2D eigenvalue weighted by molar-refractivity contribution is -0.121. The van der Waals surface area contributed by atoms with E-state index in [1.165, 1.54) is 23.1 Å². The summed E-state index contributed by atoms with van der Waals surface area (Å²) < 4.78 is 5.18. The highest BCUT2D eigenvalue weighted by atomic mass is 32.2. The van der Waals surface area contributed by atoms with Crippen LogP contribution in [0.2, 0.25) is 0 Å². The minimum atomic E-state index is -0.0878. The van der Waals surface area contributed by atoms with E-state index >= 15 is 0 Å². The molecule has 146 valence electrons. The van der Waals surface area contributed by atoms with Crippen molar-refractivity contribution in [2.45, 2.75) is 26.2 Å². The Hall–Kier alpha value is -2.45. The number of thioether (sulfide) groups is 1. The zero-order valence-corrected chi connectivity index (χ0v) is 17.6. The lowest BCUT2D eigenvalue weighted by Crippen LogP contribution is -2.29. The molecule has 1 amide bonds. The highest BCUT2D eigenvalue weighted by molar-refractivity contribution is 8.18. The summed E-state index contributed by atoms with van der Waals surface area (Å²) in [6.45, 7) is 6.29. The van der Waals surface area contributed by atoms with Crippen LogP contribution in [-0.2, 0) is 11.2 Å². The van der Waals surface area contributed by atoms with Gasteiger partial charge in [-0.25, -0.2) is 0 Å². The van der Waals surface area contributed by atoms with Crippen LogP contribution >= 0.6 is 23.1 Å². The molecule has 1 aliphatic heterocycles. The molecule has 1 aromatic carbocycles. The van der Waals surface area contributed by atoms with Crippen LogP contribution in [0.25, 0.3) is 6.08 Å². The second kappa shape index (κ2) is 9.66. The van der Waals surface area contributed by atoms with Gasteiger partial charge in [0.25, 0.3) is 5.91 Å². The first kappa shape index (κ1) is 20.3. The van der Waals surface area contributed by atoms with Crippen molar-refractivity contribution >= 4 is 45.4 Å². The molecule has 8 heteroatoms. The fraction of sp³-hybridized carbons (Fsp3) is 0.300. The highest BCUT2D eigenvalue weighted by Gasteiger charge is 2.32. The van der Waals surface area contributed by atoms with E-state index in [4.69, 9.17) is 4.74 Å². The molecule has 6 nitrogen and oxygen atoms in total. The lowest BCUT2D eigenvalue weighted by atomic mass is 10.2.